The summed E-state index contributed by atoms with van der Waals surface area (Å²) < 4.78 is 44.4. The molecule has 0 spiro atoms. The van der Waals surface area contributed by atoms with Crippen LogP contribution in [0.15, 0.2) is 72.8 Å². The van der Waals surface area contributed by atoms with Gasteiger partial charge in [-0.2, -0.15) is 13.2 Å². The number of hydrogen-bond donors (Lipinski definition) is 0. The number of ether oxygens (including phenoxy) is 1. The first-order valence-corrected chi connectivity index (χ1v) is 13.1. The van der Waals surface area contributed by atoms with Crippen molar-refractivity contribution >= 4 is 11.9 Å². The number of carbonyl (C=O) groups excluding carboxylic acids is 2. The quantitative estimate of drug-likeness (QED) is 0.364. The summed E-state index contributed by atoms with van der Waals surface area (Å²) in [7, 11) is 0. The van der Waals surface area contributed by atoms with Gasteiger partial charge >= 0.3 is 12.3 Å². The molecule has 7 heteroatoms. The average molecular weight is 520 g/mol. The van der Waals surface area contributed by atoms with Crippen molar-refractivity contribution in [1.29, 1.82) is 0 Å². The van der Waals surface area contributed by atoms with Gasteiger partial charge in [-0.15, -0.1) is 0 Å². The Balaban J connectivity index is 1.08. The lowest BCUT2D eigenvalue weighted by molar-refractivity contribution is -0.137. The molecule has 196 valence electrons. The Labute approximate surface area is 219 Å². The molecule has 0 saturated carbocycles. The molecule has 2 saturated heterocycles. The molecule has 3 aromatic rings. The first kappa shape index (κ1) is 24.7. The second-order valence-corrected chi connectivity index (χ2v) is 10.6. The SMILES string of the molecule is O=C(Cc1ccc(C(F)(F)F)cc1)C1CC2CCC(C1)N2C(=O)OCC1c2ccccc2-c2ccccc21. The van der Waals surface area contributed by atoms with Crippen molar-refractivity contribution in [3.63, 3.8) is 0 Å². The number of benzene rings is 3. The molecule has 2 unspecified atom stereocenters. The van der Waals surface area contributed by atoms with E-state index < -0.39 is 11.7 Å². The minimum absolute atomic E-state index is 0.00754. The maximum atomic E-state index is 13.2. The molecule has 2 bridgehead atoms. The number of alkyl halides is 3. The fourth-order valence-electron chi connectivity index (χ4n) is 6.56. The molecule has 4 nitrogen and oxygen atoms in total. The molecule has 0 aromatic heterocycles. The molecule has 2 heterocycles. The summed E-state index contributed by atoms with van der Waals surface area (Å²) in [6.45, 7) is 0.263. The zero-order chi connectivity index (χ0) is 26.4. The Hall–Kier alpha value is -3.61. The van der Waals surface area contributed by atoms with Crippen molar-refractivity contribution in [3.05, 3.63) is 95.1 Å². The van der Waals surface area contributed by atoms with E-state index in [-0.39, 0.29) is 48.8 Å². The molecule has 0 radical (unpaired) electrons. The van der Waals surface area contributed by atoms with Crippen molar-refractivity contribution in [3.8, 4) is 11.1 Å². The fourth-order valence-corrected chi connectivity index (χ4v) is 6.56. The van der Waals surface area contributed by atoms with Crippen molar-refractivity contribution in [2.75, 3.05) is 6.61 Å². The number of hydrogen-bond acceptors (Lipinski definition) is 3. The van der Waals surface area contributed by atoms with Crippen LogP contribution >= 0.6 is 0 Å². The van der Waals surface area contributed by atoms with Crippen molar-refractivity contribution in [1.82, 2.24) is 4.90 Å². The van der Waals surface area contributed by atoms with Gasteiger partial charge in [0, 0.05) is 30.3 Å². The predicted octanol–water partition coefficient (Wildman–Crippen LogP) is 7.01. The summed E-state index contributed by atoms with van der Waals surface area (Å²) in [5.74, 6) is -0.187. The van der Waals surface area contributed by atoms with E-state index in [1.54, 1.807) is 0 Å². The Kier molecular flexibility index (Phi) is 6.25. The molecule has 38 heavy (non-hydrogen) atoms. The van der Waals surface area contributed by atoms with E-state index in [2.05, 4.69) is 24.3 Å². The molecule has 1 aliphatic carbocycles. The molecule has 2 fully saturated rings. The summed E-state index contributed by atoms with van der Waals surface area (Å²) in [5.41, 5.74) is 4.54. The summed E-state index contributed by atoms with van der Waals surface area (Å²) in [6.07, 6.45) is -1.81. The number of rotatable bonds is 5. The highest BCUT2D eigenvalue weighted by Gasteiger charge is 2.46. The molecule has 3 aromatic carbocycles. The van der Waals surface area contributed by atoms with E-state index in [0.717, 1.165) is 36.1 Å². The summed E-state index contributed by atoms with van der Waals surface area (Å²) in [4.78, 5) is 28.1. The molecule has 3 aliphatic rings. The number of nitrogens with zero attached hydrogens (tertiary/aromatic N) is 1. The van der Waals surface area contributed by atoms with E-state index in [4.69, 9.17) is 4.74 Å². The lowest BCUT2D eigenvalue weighted by Gasteiger charge is -2.37. The number of amides is 1. The number of carbonyl (C=O) groups is 2. The highest BCUT2D eigenvalue weighted by molar-refractivity contribution is 5.84. The molecule has 0 N–H and O–H groups in total. The second kappa shape index (κ2) is 9.61. The first-order valence-electron chi connectivity index (χ1n) is 13.1. The van der Waals surface area contributed by atoms with Crippen LogP contribution in [0.1, 0.15) is 53.9 Å². The van der Waals surface area contributed by atoms with Gasteiger partial charge in [0.1, 0.15) is 12.4 Å². The summed E-state index contributed by atoms with van der Waals surface area (Å²) in [5, 5.41) is 0. The van der Waals surface area contributed by atoms with E-state index in [0.29, 0.717) is 18.4 Å². The average Bonchev–Trinajstić information content (AvgIpc) is 3.37. The Morgan fingerprint density at radius 3 is 1.92 bits per heavy atom. The number of halogens is 3. The third kappa shape index (κ3) is 4.48. The van der Waals surface area contributed by atoms with Crippen molar-refractivity contribution in [2.24, 2.45) is 5.92 Å². The van der Waals surface area contributed by atoms with Crippen LogP contribution in [-0.2, 0) is 22.1 Å². The van der Waals surface area contributed by atoms with Crippen LogP contribution in [0.4, 0.5) is 18.0 Å². The van der Waals surface area contributed by atoms with Gasteiger partial charge in [-0.25, -0.2) is 4.79 Å². The molecule has 2 aliphatic heterocycles. The Bertz CT molecular complexity index is 1310. The summed E-state index contributed by atoms with van der Waals surface area (Å²) in [6, 6.07) is 21.1. The third-order valence-electron chi connectivity index (χ3n) is 8.39. The molecule has 6 rings (SSSR count). The highest BCUT2D eigenvalue weighted by Crippen LogP contribution is 2.45. The largest absolute Gasteiger partial charge is 0.448 e. The van der Waals surface area contributed by atoms with Crippen LogP contribution < -0.4 is 0 Å². The van der Waals surface area contributed by atoms with Crippen LogP contribution in [0.2, 0.25) is 0 Å². The molecular weight excluding hydrogens is 491 g/mol. The van der Waals surface area contributed by atoms with Gasteiger partial charge in [-0.3, -0.25) is 4.79 Å². The lowest BCUT2D eigenvalue weighted by atomic mass is 9.85. The van der Waals surface area contributed by atoms with Crippen LogP contribution in [0.25, 0.3) is 11.1 Å². The van der Waals surface area contributed by atoms with Gasteiger partial charge in [0.25, 0.3) is 0 Å². The maximum absolute atomic E-state index is 13.2. The number of Topliss-reactive ketones (excluding diaryl/α,β-unsaturated/α-hetero) is 1. The van der Waals surface area contributed by atoms with Crippen molar-refractivity contribution < 1.29 is 27.5 Å². The number of piperidine rings is 1. The summed E-state index contributed by atoms with van der Waals surface area (Å²) >= 11 is 0. The van der Waals surface area contributed by atoms with Gasteiger partial charge in [-0.05, 0) is 65.6 Å². The Morgan fingerprint density at radius 1 is 0.816 bits per heavy atom. The second-order valence-electron chi connectivity index (χ2n) is 10.6. The Morgan fingerprint density at radius 2 is 1.37 bits per heavy atom. The van der Waals surface area contributed by atoms with Gasteiger partial charge in [-0.1, -0.05) is 60.7 Å². The van der Waals surface area contributed by atoms with Gasteiger partial charge in [0.2, 0.25) is 0 Å². The zero-order valence-electron chi connectivity index (χ0n) is 20.8. The highest BCUT2D eigenvalue weighted by atomic mass is 19.4. The van der Waals surface area contributed by atoms with E-state index in [9.17, 15) is 22.8 Å². The smallest absolute Gasteiger partial charge is 0.416 e. The number of fused-ring (bicyclic) bond motifs is 5. The predicted molar refractivity (Wildman–Crippen MR) is 137 cm³/mol. The van der Waals surface area contributed by atoms with E-state index in [1.807, 2.05) is 29.2 Å². The fraction of sp³-hybridized carbons (Fsp3) is 0.355. The van der Waals surface area contributed by atoms with Crippen LogP contribution in [0.3, 0.4) is 0 Å². The van der Waals surface area contributed by atoms with Gasteiger partial charge in [0.05, 0.1) is 5.56 Å². The maximum Gasteiger partial charge on any atom is 0.416 e. The molecule has 1 amide bonds. The van der Waals surface area contributed by atoms with Gasteiger partial charge in [0.15, 0.2) is 0 Å². The normalized spacial score (nSPS) is 22.2. The van der Waals surface area contributed by atoms with E-state index >= 15 is 0 Å². The van der Waals surface area contributed by atoms with Gasteiger partial charge < -0.3 is 9.64 Å². The minimum Gasteiger partial charge on any atom is -0.448 e. The van der Waals surface area contributed by atoms with Crippen LogP contribution in [0.5, 0.6) is 0 Å². The van der Waals surface area contributed by atoms with Crippen molar-refractivity contribution in [2.45, 2.75) is 56.3 Å². The van der Waals surface area contributed by atoms with Crippen LogP contribution in [0, 0.1) is 5.92 Å². The first-order chi connectivity index (χ1) is 18.3. The standard InChI is InChI=1S/C31H28F3NO3/c32-31(33,34)21-11-9-19(10-12-21)15-29(36)20-16-22-13-14-23(17-20)35(22)30(37)38-18-28-26-7-3-1-5-24(26)25-6-2-4-8-27(25)28/h1-12,20,22-23,28H,13-18H2. The number of ketones is 1. The topological polar surface area (TPSA) is 46.6 Å². The van der Waals surface area contributed by atoms with E-state index in [1.165, 1.54) is 23.3 Å². The lowest BCUT2D eigenvalue weighted by Crippen LogP contribution is -2.48. The monoisotopic (exact) mass is 519 g/mol. The molecular formula is C31H28F3NO3. The third-order valence-corrected chi connectivity index (χ3v) is 8.39. The minimum atomic E-state index is -4.40. The zero-order valence-corrected chi connectivity index (χ0v) is 20.8. The molecule has 2 atom stereocenters. The van der Waals surface area contributed by atoms with Crippen LogP contribution in [-0.4, -0.2) is 35.5 Å².